The number of H-pyrrole nitrogens is 1. The predicted octanol–water partition coefficient (Wildman–Crippen LogP) is 2.92. The summed E-state index contributed by atoms with van der Waals surface area (Å²) in [5.74, 6) is 1.27. The third kappa shape index (κ3) is 3.49. The molecule has 4 rings (SSSR count). The number of β-amino-alcohol motifs (C(OH)–C–C–N with tert-alkyl or cyclic N) is 1. The van der Waals surface area contributed by atoms with E-state index in [1.54, 1.807) is 6.20 Å². The normalized spacial score (nSPS) is 15.7. The van der Waals surface area contributed by atoms with Gasteiger partial charge in [0.15, 0.2) is 5.82 Å². The Kier molecular flexibility index (Phi) is 4.72. The molecule has 0 amide bonds. The van der Waals surface area contributed by atoms with Crippen LogP contribution >= 0.6 is 11.6 Å². The molecule has 1 aromatic carbocycles. The number of aromatic amines is 1. The Balaban J connectivity index is 1.49. The van der Waals surface area contributed by atoms with E-state index in [-0.39, 0.29) is 0 Å². The van der Waals surface area contributed by atoms with Crippen molar-refractivity contribution in [3.8, 4) is 11.4 Å². The van der Waals surface area contributed by atoms with Gasteiger partial charge in [-0.1, -0.05) is 23.7 Å². The summed E-state index contributed by atoms with van der Waals surface area (Å²) in [5, 5.41) is 11.1. The van der Waals surface area contributed by atoms with Crippen LogP contribution in [0.2, 0.25) is 5.02 Å². The molecule has 0 saturated heterocycles. The maximum Gasteiger partial charge on any atom is 0.158 e. The molecule has 0 fully saturated rings. The van der Waals surface area contributed by atoms with E-state index in [0.717, 1.165) is 41.4 Å². The summed E-state index contributed by atoms with van der Waals surface area (Å²) < 4.78 is 0. The standard InChI is InChI=1S/C19H20ClN5O/c1-12-6-8-21-19(22-12)17(26)11-25-9-7-15-16(10-25)24-18(23-15)13-4-2-3-5-14(13)20/h2-6,8,17,26H,7,9-11H2,1H3,(H,23,24). The Morgan fingerprint density at radius 3 is 2.92 bits per heavy atom. The van der Waals surface area contributed by atoms with Crippen LogP contribution in [0, 0.1) is 6.92 Å². The number of benzene rings is 1. The zero-order valence-corrected chi connectivity index (χ0v) is 15.2. The van der Waals surface area contributed by atoms with Gasteiger partial charge in [0.1, 0.15) is 11.9 Å². The summed E-state index contributed by atoms with van der Waals surface area (Å²) in [6.07, 6.45) is 1.81. The Hall–Kier alpha value is -2.28. The van der Waals surface area contributed by atoms with E-state index in [2.05, 4.69) is 19.9 Å². The van der Waals surface area contributed by atoms with Crippen molar-refractivity contribution in [3.63, 3.8) is 0 Å². The molecule has 0 aliphatic carbocycles. The van der Waals surface area contributed by atoms with Gasteiger partial charge in [-0.05, 0) is 25.1 Å². The van der Waals surface area contributed by atoms with E-state index >= 15 is 0 Å². The highest BCUT2D eigenvalue weighted by molar-refractivity contribution is 6.33. The number of rotatable bonds is 4. The van der Waals surface area contributed by atoms with Gasteiger partial charge in [0.25, 0.3) is 0 Å². The molecule has 6 nitrogen and oxygen atoms in total. The Bertz CT molecular complexity index is 926. The third-order valence-electron chi connectivity index (χ3n) is 4.58. The minimum absolute atomic E-state index is 0.470. The SMILES string of the molecule is Cc1ccnc(C(O)CN2CCc3nc(-c4ccccc4Cl)[nH]c3C2)n1. The first-order chi connectivity index (χ1) is 12.6. The van der Waals surface area contributed by atoms with Crippen molar-refractivity contribution in [1.29, 1.82) is 0 Å². The fourth-order valence-corrected chi connectivity index (χ4v) is 3.47. The number of imidazole rings is 1. The molecule has 2 N–H and O–H groups in total. The lowest BCUT2D eigenvalue weighted by atomic mass is 10.1. The molecule has 0 radical (unpaired) electrons. The molecule has 134 valence electrons. The fraction of sp³-hybridized carbons (Fsp3) is 0.316. The zero-order valence-electron chi connectivity index (χ0n) is 14.5. The van der Waals surface area contributed by atoms with Crippen LogP contribution in [0.3, 0.4) is 0 Å². The number of aryl methyl sites for hydroxylation is 1. The molecule has 1 aliphatic heterocycles. The molecule has 1 unspecified atom stereocenters. The van der Waals surface area contributed by atoms with E-state index < -0.39 is 6.10 Å². The van der Waals surface area contributed by atoms with Crippen LogP contribution in [0.15, 0.2) is 36.5 Å². The summed E-state index contributed by atoms with van der Waals surface area (Å²) in [5.41, 5.74) is 3.90. The van der Waals surface area contributed by atoms with Gasteiger partial charge >= 0.3 is 0 Å². The largest absolute Gasteiger partial charge is 0.384 e. The number of fused-ring (bicyclic) bond motifs is 1. The second-order valence-corrected chi connectivity index (χ2v) is 6.95. The van der Waals surface area contributed by atoms with Gasteiger partial charge in [0.2, 0.25) is 0 Å². The summed E-state index contributed by atoms with van der Waals surface area (Å²) in [6.45, 7) is 3.92. The number of nitrogens with zero attached hydrogens (tertiary/aromatic N) is 4. The summed E-state index contributed by atoms with van der Waals surface area (Å²) >= 11 is 6.28. The lowest BCUT2D eigenvalue weighted by Crippen LogP contribution is -2.34. The maximum absolute atomic E-state index is 10.5. The minimum Gasteiger partial charge on any atom is -0.384 e. The predicted molar refractivity (Wildman–Crippen MR) is 99.7 cm³/mol. The number of halogens is 1. The smallest absolute Gasteiger partial charge is 0.158 e. The Labute approximate surface area is 156 Å². The summed E-state index contributed by atoms with van der Waals surface area (Å²) in [7, 11) is 0. The number of nitrogens with one attached hydrogen (secondary N) is 1. The second-order valence-electron chi connectivity index (χ2n) is 6.55. The van der Waals surface area contributed by atoms with Crippen molar-refractivity contribution in [2.75, 3.05) is 13.1 Å². The molecular weight excluding hydrogens is 350 g/mol. The van der Waals surface area contributed by atoms with Crippen molar-refractivity contribution >= 4 is 11.6 Å². The van der Waals surface area contributed by atoms with Crippen LogP contribution in [0.25, 0.3) is 11.4 Å². The molecule has 0 spiro atoms. The van der Waals surface area contributed by atoms with Crippen LogP contribution in [0.5, 0.6) is 0 Å². The van der Waals surface area contributed by atoms with Gasteiger partial charge in [-0.25, -0.2) is 15.0 Å². The van der Waals surface area contributed by atoms with Gasteiger partial charge < -0.3 is 10.1 Å². The second kappa shape index (κ2) is 7.15. The lowest BCUT2D eigenvalue weighted by molar-refractivity contribution is 0.0980. The van der Waals surface area contributed by atoms with E-state index in [1.165, 1.54) is 0 Å². The Morgan fingerprint density at radius 2 is 2.12 bits per heavy atom. The molecule has 3 aromatic rings. The number of hydrogen-bond donors (Lipinski definition) is 2. The first kappa shape index (κ1) is 17.1. The highest BCUT2D eigenvalue weighted by Gasteiger charge is 2.24. The quantitative estimate of drug-likeness (QED) is 0.739. The van der Waals surface area contributed by atoms with Crippen LogP contribution in [-0.2, 0) is 13.0 Å². The Morgan fingerprint density at radius 1 is 1.27 bits per heavy atom. The van der Waals surface area contributed by atoms with Crippen molar-refractivity contribution in [2.24, 2.45) is 0 Å². The van der Waals surface area contributed by atoms with Crippen molar-refractivity contribution in [2.45, 2.75) is 26.0 Å². The van der Waals surface area contributed by atoms with Crippen molar-refractivity contribution in [3.05, 3.63) is 64.5 Å². The van der Waals surface area contributed by atoms with Crippen LogP contribution in [-0.4, -0.2) is 43.0 Å². The number of aliphatic hydroxyl groups is 1. The summed E-state index contributed by atoms with van der Waals surface area (Å²) in [4.78, 5) is 18.8. The fourth-order valence-electron chi connectivity index (χ4n) is 3.24. The first-order valence-corrected chi connectivity index (χ1v) is 9.00. The molecule has 2 aromatic heterocycles. The highest BCUT2D eigenvalue weighted by atomic mass is 35.5. The van der Waals surface area contributed by atoms with Gasteiger partial charge in [-0.3, -0.25) is 4.90 Å². The number of aliphatic hydroxyl groups excluding tert-OH is 1. The van der Waals surface area contributed by atoms with Gasteiger partial charge in [-0.2, -0.15) is 0 Å². The van der Waals surface area contributed by atoms with E-state index in [1.807, 2.05) is 37.3 Å². The molecule has 26 heavy (non-hydrogen) atoms. The molecule has 3 heterocycles. The molecule has 0 bridgehead atoms. The first-order valence-electron chi connectivity index (χ1n) is 8.63. The molecular formula is C19H20ClN5O. The average molecular weight is 370 g/mol. The van der Waals surface area contributed by atoms with Crippen molar-refractivity contribution in [1.82, 2.24) is 24.8 Å². The molecule has 0 saturated carbocycles. The van der Waals surface area contributed by atoms with E-state index in [0.29, 0.717) is 23.9 Å². The molecule has 1 aliphatic rings. The average Bonchev–Trinajstić information content (AvgIpc) is 3.05. The molecule has 7 heteroatoms. The summed E-state index contributed by atoms with van der Waals surface area (Å²) in [6, 6.07) is 9.51. The van der Waals surface area contributed by atoms with E-state index in [9.17, 15) is 5.11 Å². The van der Waals surface area contributed by atoms with Gasteiger partial charge in [-0.15, -0.1) is 0 Å². The van der Waals surface area contributed by atoms with Gasteiger partial charge in [0.05, 0.1) is 16.4 Å². The highest BCUT2D eigenvalue weighted by Crippen LogP contribution is 2.28. The molecule has 1 atom stereocenters. The number of aromatic nitrogens is 4. The van der Waals surface area contributed by atoms with Crippen molar-refractivity contribution < 1.29 is 5.11 Å². The number of hydrogen-bond acceptors (Lipinski definition) is 5. The van der Waals surface area contributed by atoms with Crippen LogP contribution in [0.1, 0.15) is 29.0 Å². The topological polar surface area (TPSA) is 77.9 Å². The minimum atomic E-state index is -0.706. The zero-order chi connectivity index (χ0) is 18.1. The van der Waals surface area contributed by atoms with E-state index in [4.69, 9.17) is 16.6 Å². The maximum atomic E-state index is 10.5. The lowest BCUT2D eigenvalue weighted by Gasteiger charge is -2.27. The monoisotopic (exact) mass is 369 g/mol. The van der Waals surface area contributed by atoms with Crippen LogP contribution < -0.4 is 0 Å². The third-order valence-corrected chi connectivity index (χ3v) is 4.91. The van der Waals surface area contributed by atoms with Crippen LogP contribution in [0.4, 0.5) is 0 Å². The van der Waals surface area contributed by atoms with Gasteiger partial charge in [0, 0.05) is 43.5 Å².